The van der Waals surface area contributed by atoms with E-state index in [1.807, 2.05) is 30.3 Å². The van der Waals surface area contributed by atoms with E-state index >= 15 is 0 Å². The summed E-state index contributed by atoms with van der Waals surface area (Å²) in [7, 11) is 0. The summed E-state index contributed by atoms with van der Waals surface area (Å²) in [4.78, 5) is 4.95. The second-order valence-electron chi connectivity index (χ2n) is 2.71. The molecule has 0 aliphatic rings. The molecule has 1 aromatic carbocycles. The highest BCUT2D eigenvalue weighted by molar-refractivity contribution is 7.99. The van der Waals surface area contributed by atoms with Gasteiger partial charge in [0.2, 0.25) is 0 Å². The zero-order valence-electron chi connectivity index (χ0n) is 7.35. The minimum Gasteiger partial charge on any atom is -0.246 e. The lowest BCUT2D eigenvalue weighted by atomic mass is 10.4. The minimum atomic E-state index is -0.277. The van der Waals surface area contributed by atoms with Gasteiger partial charge in [-0.2, -0.15) is 0 Å². The topological polar surface area (TPSA) is 12.9 Å². The van der Waals surface area contributed by atoms with Crippen LogP contribution in [0.5, 0.6) is 0 Å². The van der Waals surface area contributed by atoms with E-state index < -0.39 is 0 Å². The van der Waals surface area contributed by atoms with Crippen LogP contribution < -0.4 is 0 Å². The first-order valence-electron chi connectivity index (χ1n) is 4.20. The third-order valence-electron chi connectivity index (χ3n) is 1.68. The Balaban J connectivity index is 2.24. The van der Waals surface area contributed by atoms with E-state index in [-0.39, 0.29) is 5.82 Å². The molecule has 0 spiro atoms. The predicted octanol–water partition coefficient (Wildman–Crippen LogP) is 3.37. The number of rotatable bonds is 2. The fourth-order valence-electron chi connectivity index (χ4n) is 1.05. The summed E-state index contributed by atoms with van der Waals surface area (Å²) in [6.07, 6.45) is 1.59. The molecule has 0 aliphatic carbocycles. The standard InChI is InChI=1S/C11H8FNS/c12-10-7-4-8-13-11(10)14-9-5-2-1-3-6-9/h1-8H. The average molecular weight is 205 g/mol. The monoisotopic (exact) mass is 205 g/mol. The molecule has 0 fully saturated rings. The molecular weight excluding hydrogens is 197 g/mol. The number of hydrogen-bond acceptors (Lipinski definition) is 2. The number of halogens is 1. The quantitative estimate of drug-likeness (QED) is 0.745. The van der Waals surface area contributed by atoms with Gasteiger partial charge in [0.05, 0.1) is 0 Å². The molecule has 2 rings (SSSR count). The minimum absolute atomic E-state index is 0.277. The summed E-state index contributed by atoms with van der Waals surface area (Å²) in [6.45, 7) is 0. The molecule has 0 saturated heterocycles. The molecule has 3 heteroatoms. The normalized spacial score (nSPS) is 10.1. The first-order chi connectivity index (χ1) is 6.86. The Labute approximate surface area is 86.0 Å². The molecule has 0 aliphatic heterocycles. The number of benzene rings is 1. The largest absolute Gasteiger partial charge is 0.246 e. The second kappa shape index (κ2) is 4.24. The smallest absolute Gasteiger partial charge is 0.155 e. The molecule has 1 aromatic heterocycles. The van der Waals surface area contributed by atoms with Crippen LogP contribution >= 0.6 is 11.8 Å². The maximum absolute atomic E-state index is 13.2. The van der Waals surface area contributed by atoms with Gasteiger partial charge in [-0.1, -0.05) is 30.0 Å². The van der Waals surface area contributed by atoms with Crippen LogP contribution in [0.1, 0.15) is 0 Å². The first-order valence-corrected chi connectivity index (χ1v) is 5.01. The van der Waals surface area contributed by atoms with Crippen LogP contribution in [-0.2, 0) is 0 Å². The summed E-state index contributed by atoms with van der Waals surface area (Å²) in [5, 5.41) is 0.415. The van der Waals surface area contributed by atoms with Crippen LogP contribution in [0.25, 0.3) is 0 Å². The molecule has 2 aromatic rings. The van der Waals surface area contributed by atoms with Crippen LogP contribution in [0.4, 0.5) is 4.39 Å². The van der Waals surface area contributed by atoms with E-state index in [2.05, 4.69) is 4.98 Å². The highest BCUT2D eigenvalue weighted by atomic mass is 32.2. The van der Waals surface area contributed by atoms with Gasteiger partial charge < -0.3 is 0 Å². The van der Waals surface area contributed by atoms with Gasteiger partial charge in [-0.15, -0.1) is 0 Å². The third kappa shape index (κ3) is 2.12. The summed E-state index contributed by atoms with van der Waals surface area (Å²) >= 11 is 1.33. The van der Waals surface area contributed by atoms with E-state index in [4.69, 9.17) is 0 Å². The van der Waals surface area contributed by atoms with Gasteiger partial charge in [0.1, 0.15) is 5.03 Å². The highest BCUT2D eigenvalue weighted by Gasteiger charge is 2.03. The van der Waals surface area contributed by atoms with Crippen molar-refractivity contribution in [3.05, 3.63) is 54.5 Å². The molecule has 0 radical (unpaired) electrons. The Bertz CT molecular complexity index is 417. The van der Waals surface area contributed by atoms with Gasteiger partial charge in [-0.25, -0.2) is 9.37 Å². The van der Waals surface area contributed by atoms with Crippen molar-refractivity contribution in [2.24, 2.45) is 0 Å². The Hall–Kier alpha value is -1.35. The van der Waals surface area contributed by atoms with E-state index in [1.165, 1.54) is 17.8 Å². The van der Waals surface area contributed by atoms with Crippen molar-refractivity contribution in [2.45, 2.75) is 9.92 Å². The number of pyridine rings is 1. The lowest BCUT2D eigenvalue weighted by molar-refractivity contribution is 0.588. The maximum Gasteiger partial charge on any atom is 0.155 e. The zero-order valence-corrected chi connectivity index (χ0v) is 8.17. The van der Waals surface area contributed by atoms with Crippen molar-refractivity contribution in [1.82, 2.24) is 4.98 Å². The SMILES string of the molecule is Fc1cccnc1Sc1ccccc1. The molecule has 0 saturated carbocycles. The molecule has 1 heterocycles. The molecule has 14 heavy (non-hydrogen) atoms. The second-order valence-corrected chi connectivity index (χ2v) is 3.77. The van der Waals surface area contributed by atoms with Crippen molar-refractivity contribution < 1.29 is 4.39 Å². The van der Waals surface area contributed by atoms with Crippen LogP contribution in [-0.4, -0.2) is 4.98 Å². The van der Waals surface area contributed by atoms with Crippen molar-refractivity contribution in [2.75, 3.05) is 0 Å². The van der Waals surface area contributed by atoms with Crippen LogP contribution in [0.3, 0.4) is 0 Å². The van der Waals surface area contributed by atoms with Crippen molar-refractivity contribution in [1.29, 1.82) is 0 Å². The maximum atomic E-state index is 13.2. The Morgan fingerprint density at radius 2 is 1.79 bits per heavy atom. The summed E-state index contributed by atoms with van der Waals surface area (Å²) in [5.41, 5.74) is 0. The van der Waals surface area contributed by atoms with Gasteiger partial charge in [0, 0.05) is 11.1 Å². The molecule has 0 amide bonds. The average Bonchev–Trinajstić information content (AvgIpc) is 2.23. The zero-order chi connectivity index (χ0) is 9.80. The fourth-order valence-corrected chi connectivity index (χ4v) is 1.84. The van der Waals surface area contributed by atoms with Crippen molar-refractivity contribution in [3.8, 4) is 0 Å². The fraction of sp³-hybridized carbons (Fsp3) is 0. The van der Waals surface area contributed by atoms with Crippen molar-refractivity contribution >= 4 is 11.8 Å². The molecule has 0 atom stereocenters. The summed E-state index contributed by atoms with van der Waals surface area (Å²) in [5.74, 6) is -0.277. The lowest BCUT2D eigenvalue weighted by Gasteiger charge is -2.00. The van der Waals surface area contributed by atoms with E-state index in [9.17, 15) is 4.39 Å². The highest BCUT2D eigenvalue weighted by Crippen LogP contribution is 2.26. The first kappa shape index (κ1) is 9.21. The number of aromatic nitrogens is 1. The molecular formula is C11H8FNS. The van der Waals surface area contributed by atoms with Gasteiger partial charge in [-0.05, 0) is 24.3 Å². The molecule has 1 nitrogen and oxygen atoms in total. The van der Waals surface area contributed by atoms with Gasteiger partial charge in [0.15, 0.2) is 5.82 Å². The molecule has 0 unspecified atom stereocenters. The van der Waals surface area contributed by atoms with Crippen LogP contribution in [0.2, 0.25) is 0 Å². The van der Waals surface area contributed by atoms with Gasteiger partial charge in [0.25, 0.3) is 0 Å². The third-order valence-corrected chi connectivity index (χ3v) is 2.68. The summed E-state index contributed by atoms with van der Waals surface area (Å²) < 4.78 is 13.2. The summed E-state index contributed by atoms with van der Waals surface area (Å²) in [6, 6.07) is 12.6. The molecule has 70 valence electrons. The molecule has 0 bridgehead atoms. The Kier molecular flexibility index (Phi) is 2.79. The van der Waals surface area contributed by atoms with E-state index in [0.29, 0.717) is 5.03 Å². The lowest BCUT2D eigenvalue weighted by Crippen LogP contribution is -1.84. The van der Waals surface area contributed by atoms with Gasteiger partial charge in [-0.3, -0.25) is 0 Å². The number of hydrogen-bond donors (Lipinski definition) is 0. The van der Waals surface area contributed by atoms with Crippen LogP contribution in [0, 0.1) is 5.82 Å². The Morgan fingerprint density at radius 3 is 2.50 bits per heavy atom. The Morgan fingerprint density at radius 1 is 1.00 bits per heavy atom. The van der Waals surface area contributed by atoms with Gasteiger partial charge >= 0.3 is 0 Å². The van der Waals surface area contributed by atoms with Crippen LogP contribution in [0.15, 0.2) is 58.6 Å². The van der Waals surface area contributed by atoms with E-state index in [0.717, 1.165) is 4.90 Å². The van der Waals surface area contributed by atoms with Crippen molar-refractivity contribution in [3.63, 3.8) is 0 Å². The predicted molar refractivity (Wildman–Crippen MR) is 54.8 cm³/mol. The molecule has 0 N–H and O–H groups in total. The number of nitrogens with zero attached hydrogens (tertiary/aromatic N) is 1. The van der Waals surface area contributed by atoms with E-state index in [1.54, 1.807) is 12.3 Å².